The molecule has 1 atom stereocenters. The normalized spacial score (nSPS) is 17.2. The van der Waals surface area contributed by atoms with Crippen molar-refractivity contribution < 1.29 is 19.1 Å². The smallest absolute Gasteiger partial charge is 0.330 e. The average Bonchev–Trinajstić information content (AvgIpc) is 3.38. The van der Waals surface area contributed by atoms with Gasteiger partial charge in [-0.05, 0) is 64.8 Å². The van der Waals surface area contributed by atoms with Crippen LogP contribution in [-0.4, -0.2) is 74.7 Å². The molecule has 4 rings (SSSR count). The molecular weight excluding hydrogens is 484 g/mol. The molecule has 2 N–H and O–H groups in total. The lowest BCUT2D eigenvalue weighted by Crippen LogP contribution is -2.61. The number of rotatable bonds is 7. The summed E-state index contributed by atoms with van der Waals surface area (Å²) in [5.74, 6) is 0.478. The molecule has 0 radical (unpaired) electrons. The fourth-order valence-electron chi connectivity index (χ4n) is 4.92. The van der Waals surface area contributed by atoms with Crippen molar-refractivity contribution >= 4 is 35.3 Å². The summed E-state index contributed by atoms with van der Waals surface area (Å²) >= 11 is 5.92. The first-order valence-corrected chi connectivity index (χ1v) is 12.6. The quantitative estimate of drug-likeness (QED) is 0.584. The molecule has 1 aromatic heterocycles. The Hall–Kier alpha value is -3.11. The molecule has 1 aromatic carbocycles. The van der Waals surface area contributed by atoms with E-state index in [1.54, 1.807) is 53.8 Å². The Morgan fingerprint density at radius 3 is 2.50 bits per heavy atom. The first-order chi connectivity index (χ1) is 17.1. The van der Waals surface area contributed by atoms with Gasteiger partial charge in [-0.1, -0.05) is 11.6 Å². The van der Waals surface area contributed by atoms with Gasteiger partial charge in [0.25, 0.3) is 0 Å². The van der Waals surface area contributed by atoms with Crippen LogP contribution in [0, 0.1) is 6.92 Å². The first kappa shape index (κ1) is 26.0. The molecule has 0 aliphatic carbocycles. The van der Waals surface area contributed by atoms with Gasteiger partial charge < -0.3 is 25.2 Å². The van der Waals surface area contributed by atoms with E-state index in [0.29, 0.717) is 55.6 Å². The maximum Gasteiger partial charge on any atom is 0.330 e. The van der Waals surface area contributed by atoms with E-state index in [1.807, 2.05) is 18.7 Å². The van der Waals surface area contributed by atoms with Crippen molar-refractivity contribution in [3.63, 3.8) is 0 Å². The van der Waals surface area contributed by atoms with Crippen LogP contribution in [0.25, 0.3) is 0 Å². The van der Waals surface area contributed by atoms with Crippen LogP contribution in [0.15, 0.2) is 30.5 Å². The molecule has 1 unspecified atom stereocenters. The molecule has 2 aliphatic rings. The lowest BCUT2D eigenvalue weighted by molar-refractivity contribution is -0.143. The summed E-state index contributed by atoms with van der Waals surface area (Å²) < 4.78 is 7.51. The van der Waals surface area contributed by atoms with E-state index in [0.717, 1.165) is 5.69 Å². The van der Waals surface area contributed by atoms with E-state index >= 15 is 0 Å². The molecule has 1 fully saturated rings. The largest absolute Gasteiger partial charge is 0.373 e. The number of hydrogen-bond donors (Lipinski definition) is 2. The van der Waals surface area contributed by atoms with Crippen molar-refractivity contribution in [2.24, 2.45) is 0 Å². The summed E-state index contributed by atoms with van der Waals surface area (Å²) in [5.41, 5.74) is 0.522. The standard InChI is InChI=1S/C25H33ClN6O4/c1-5-36-25(3,4)21(29-23(34)28-18-8-6-17(26)7-9-18)22(33)30-12-10-19(11-13-30)31-15-20-14-27-16(2)32(20)24(31)35/h6-9,14,19,21H,5,10-13,15H2,1-4H3,(H2,28,29,34). The van der Waals surface area contributed by atoms with Gasteiger partial charge in [0, 0.05) is 36.4 Å². The molecule has 11 heteroatoms. The van der Waals surface area contributed by atoms with E-state index in [1.165, 1.54) is 0 Å². The minimum atomic E-state index is -0.932. The number of halogens is 1. The summed E-state index contributed by atoms with van der Waals surface area (Å²) in [4.78, 5) is 47.1. The number of carbonyl (C=O) groups is 3. The Morgan fingerprint density at radius 1 is 1.22 bits per heavy atom. The predicted octanol–water partition coefficient (Wildman–Crippen LogP) is 3.63. The molecule has 2 aliphatic heterocycles. The zero-order valence-electron chi connectivity index (χ0n) is 21.1. The minimum absolute atomic E-state index is 0.0420. The van der Waals surface area contributed by atoms with E-state index in [2.05, 4.69) is 15.6 Å². The van der Waals surface area contributed by atoms with Gasteiger partial charge in [-0.15, -0.1) is 0 Å². The van der Waals surface area contributed by atoms with Crippen LogP contribution in [0.2, 0.25) is 5.02 Å². The van der Waals surface area contributed by atoms with Crippen molar-refractivity contribution in [1.29, 1.82) is 0 Å². The Labute approximate surface area is 215 Å². The predicted molar refractivity (Wildman–Crippen MR) is 136 cm³/mol. The first-order valence-electron chi connectivity index (χ1n) is 12.2. The number of urea groups is 1. The molecule has 10 nitrogen and oxygen atoms in total. The molecule has 1 saturated heterocycles. The van der Waals surface area contributed by atoms with Crippen LogP contribution < -0.4 is 10.6 Å². The molecule has 36 heavy (non-hydrogen) atoms. The third-order valence-electron chi connectivity index (χ3n) is 6.83. The minimum Gasteiger partial charge on any atom is -0.373 e. The van der Waals surface area contributed by atoms with Gasteiger partial charge in [-0.3, -0.25) is 9.36 Å². The number of benzene rings is 1. The lowest BCUT2D eigenvalue weighted by Gasteiger charge is -2.41. The molecule has 4 amide bonds. The van der Waals surface area contributed by atoms with Gasteiger partial charge in [-0.2, -0.15) is 0 Å². The SMILES string of the molecule is CCOC(C)(C)C(NC(=O)Nc1ccc(Cl)cc1)C(=O)N1CCC(N2Cc3cnc(C)n3C2=O)CC1. The Kier molecular flexibility index (Phi) is 7.56. The van der Waals surface area contributed by atoms with Gasteiger partial charge in [-0.25, -0.2) is 14.6 Å². The monoisotopic (exact) mass is 516 g/mol. The highest BCUT2D eigenvalue weighted by Crippen LogP contribution is 2.27. The van der Waals surface area contributed by atoms with E-state index < -0.39 is 17.7 Å². The Balaban J connectivity index is 1.40. The number of ether oxygens (including phenoxy) is 1. The highest BCUT2D eigenvalue weighted by molar-refractivity contribution is 6.30. The van der Waals surface area contributed by atoms with Gasteiger partial charge in [0.2, 0.25) is 5.91 Å². The zero-order chi connectivity index (χ0) is 26.0. The zero-order valence-corrected chi connectivity index (χ0v) is 21.8. The number of aryl methyl sites for hydroxylation is 1. The second kappa shape index (κ2) is 10.5. The molecule has 0 bridgehead atoms. The summed E-state index contributed by atoms with van der Waals surface area (Å²) in [7, 11) is 0. The second-order valence-corrected chi connectivity index (χ2v) is 10.1. The number of piperidine rings is 1. The summed E-state index contributed by atoms with van der Waals surface area (Å²) in [6.07, 6.45) is 3.06. The number of carbonyl (C=O) groups excluding carboxylic acids is 3. The molecule has 0 spiro atoms. The van der Waals surface area contributed by atoms with Crippen molar-refractivity contribution in [3.05, 3.63) is 47.0 Å². The van der Waals surface area contributed by atoms with E-state index in [9.17, 15) is 14.4 Å². The molecule has 0 saturated carbocycles. The highest BCUT2D eigenvalue weighted by atomic mass is 35.5. The molecule has 194 valence electrons. The van der Waals surface area contributed by atoms with E-state index in [-0.39, 0.29) is 18.0 Å². The number of anilines is 1. The summed E-state index contributed by atoms with van der Waals surface area (Å²) in [5, 5.41) is 6.12. The van der Waals surface area contributed by atoms with Crippen molar-refractivity contribution in [2.75, 3.05) is 25.0 Å². The van der Waals surface area contributed by atoms with Crippen LogP contribution in [0.1, 0.15) is 45.1 Å². The summed E-state index contributed by atoms with van der Waals surface area (Å²) in [6.45, 7) is 9.16. The lowest BCUT2D eigenvalue weighted by atomic mass is 9.95. The fraction of sp³-hybridized carbons (Fsp3) is 0.520. The van der Waals surface area contributed by atoms with Crippen molar-refractivity contribution in [3.8, 4) is 0 Å². The number of imidazole rings is 1. The number of hydrogen-bond acceptors (Lipinski definition) is 5. The third-order valence-corrected chi connectivity index (χ3v) is 7.09. The van der Waals surface area contributed by atoms with Gasteiger partial charge >= 0.3 is 12.1 Å². The van der Waals surface area contributed by atoms with Gasteiger partial charge in [0.1, 0.15) is 11.9 Å². The maximum absolute atomic E-state index is 13.6. The fourth-order valence-corrected chi connectivity index (χ4v) is 5.05. The van der Waals surface area contributed by atoms with Crippen LogP contribution in [-0.2, 0) is 16.1 Å². The van der Waals surface area contributed by atoms with Crippen molar-refractivity contribution in [1.82, 2.24) is 24.7 Å². The highest BCUT2D eigenvalue weighted by Gasteiger charge is 2.42. The Morgan fingerprint density at radius 2 is 1.89 bits per heavy atom. The topological polar surface area (TPSA) is 109 Å². The number of nitrogens with zero attached hydrogens (tertiary/aromatic N) is 4. The summed E-state index contributed by atoms with van der Waals surface area (Å²) in [6, 6.07) is 5.30. The second-order valence-electron chi connectivity index (χ2n) is 9.67. The van der Waals surface area contributed by atoms with Gasteiger partial charge in [0.15, 0.2) is 0 Å². The third kappa shape index (κ3) is 5.34. The maximum atomic E-state index is 13.6. The van der Waals surface area contributed by atoms with Crippen LogP contribution in [0.3, 0.4) is 0 Å². The molecule has 2 aromatic rings. The number of amides is 4. The Bertz CT molecular complexity index is 1120. The van der Waals surface area contributed by atoms with Crippen molar-refractivity contribution in [2.45, 2.75) is 64.8 Å². The van der Waals surface area contributed by atoms with Crippen LogP contribution in [0.4, 0.5) is 15.3 Å². The van der Waals surface area contributed by atoms with E-state index in [4.69, 9.17) is 16.3 Å². The molecule has 3 heterocycles. The number of aromatic nitrogens is 2. The van der Waals surface area contributed by atoms with Crippen LogP contribution in [0.5, 0.6) is 0 Å². The number of likely N-dealkylation sites (tertiary alicyclic amines) is 1. The van der Waals surface area contributed by atoms with Gasteiger partial charge in [0.05, 0.1) is 24.0 Å². The average molecular weight is 517 g/mol. The number of nitrogens with one attached hydrogen (secondary N) is 2. The number of fused-ring (bicyclic) bond motifs is 1. The van der Waals surface area contributed by atoms with Crippen LogP contribution >= 0.6 is 11.6 Å². The molecular formula is C25H33ClN6O4.